The van der Waals surface area contributed by atoms with Gasteiger partial charge in [-0.15, -0.1) is 0 Å². The van der Waals surface area contributed by atoms with E-state index >= 15 is 0 Å². The highest BCUT2D eigenvalue weighted by atomic mass is 16.5. The second kappa shape index (κ2) is 3.17. The van der Waals surface area contributed by atoms with Crippen LogP contribution in [0.4, 0.5) is 0 Å². The molecule has 0 saturated carbocycles. The number of rotatable bonds is 2. The SMILES string of the molecule is CCOc1cnn(C(C)(C)C)c1. The molecule has 0 radical (unpaired) electrons. The van der Waals surface area contributed by atoms with E-state index in [0.29, 0.717) is 6.61 Å². The molecule has 0 aromatic carbocycles. The van der Waals surface area contributed by atoms with Gasteiger partial charge in [0, 0.05) is 0 Å². The van der Waals surface area contributed by atoms with Crippen molar-refractivity contribution in [1.82, 2.24) is 9.78 Å². The summed E-state index contributed by atoms with van der Waals surface area (Å²) < 4.78 is 7.20. The van der Waals surface area contributed by atoms with Crippen LogP contribution in [0.1, 0.15) is 27.7 Å². The summed E-state index contributed by atoms with van der Waals surface area (Å²) in [5.74, 6) is 0.840. The van der Waals surface area contributed by atoms with Crippen LogP contribution in [0.25, 0.3) is 0 Å². The van der Waals surface area contributed by atoms with Gasteiger partial charge in [-0.3, -0.25) is 4.68 Å². The molecule has 12 heavy (non-hydrogen) atoms. The van der Waals surface area contributed by atoms with Crippen LogP contribution < -0.4 is 4.74 Å². The third-order valence-electron chi connectivity index (χ3n) is 1.56. The van der Waals surface area contributed by atoms with Gasteiger partial charge in [-0.1, -0.05) is 0 Å². The van der Waals surface area contributed by atoms with E-state index in [1.807, 2.05) is 17.8 Å². The van der Waals surface area contributed by atoms with Crippen LogP contribution in [0.15, 0.2) is 12.4 Å². The van der Waals surface area contributed by atoms with Crippen LogP contribution in [0, 0.1) is 0 Å². The lowest BCUT2D eigenvalue weighted by Crippen LogP contribution is -2.21. The molecule has 1 heterocycles. The molecule has 0 unspecified atom stereocenters. The molecule has 0 spiro atoms. The van der Waals surface area contributed by atoms with E-state index < -0.39 is 0 Å². The summed E-state index contributed by atoms with van der Waals surface area (Å²) in [5.41, 5.74) is 0.0371. The topological polar surface area (TPSA) is 27.1 Å². The molecule has 1 rings (SSSR count). The number of aromatic nitrogens is 2. The second-order valence-corrected chi connectivity index (χ2v) is 3.72. The molecule has 0 aliphatic rings. The lowest BCUT2D eigenvalue weighted by Gasteiger charge is -2.18. The van der Waals surface area contributed by atoms with Gasteiger partial charge in [0.05, 0.1) is 24.5 Å². The van der Waals surface area contributed by atoms with Gasteiger partial charge in [-0.2, -0.15) is 5.10 Å². The minimum Gasteiger partial charge on any atom is -0.491 e. The fraction of sp³-hybridized carbons (Fsp3) is 0.667. The van der Waals surface area contributed by atoms with E-state index in [9.17, 15) is 0 Å². The Bertz CT molecular complexity index is 247. The molecule has 3 nitrogen and oxygen atoms in total. The molecular formula is C9H16N2O. The maximum absolute atomic E-state index is 5.30. The standard InChI is InChI=1S/C9H16N2O/c1-5-12-8-6-10-11(7-8)9(2,3)4/h6-7H,5H2,1-4H3. The molecule has 0 N–H and O–H groups in total. The number of nitrogens with zero attached hydrogens (tertiary/aromatic N) is 2. The Hall–Kier alpha value is -0.990. The Morgan fingerprint density at radius 3 is 2.58 bits per heavy atom. The quantitative estimate of drug-likeness (QED) is 0.675. The molecule has 0 saturated heterocycles. The Balaban J connectivity index is 2.77. The lowest BCUT2D eigenvalue weighted by molar-refractivity contribution is 0.331. The molecule has 0 amide bonds. The summed E-state index contributed by atoms with van der Waals surface area (Å²) in [7, 11) is 0. The zero-order chi connectivity index (χ0) is 9.19. The zero-order valence-corrected chi connectivity index (χ0v) is 8.16. The first-order chi connectivity index (χ1) is 5.54. The summed E-state index contributed by atoms with van der Waals surface area (Å²) >= 11 is 0. The van der Waals surface area contributed by atoms with Crippen molar-refractivity contribution in [2.24, 2.45) is 0 Å². The van der Waals surface area contributed by atoms with Gasteiger partial charge in [0.25, 0.3) is 0 Å². The summed E-state index contributed by atoms with van der Waals surface area (Å²) in [6, 6.07) is 0. The Morgan fingerprint density at radius 2 is 2.17 bits per heavy atom. The van der Waals surface area contributed by atoms with Crippen molar-refractivity contribution in [3.05, 3.63) is 12.4 Å². The maximum atomic E-state index is 5.30. The maximum Gasteiger partial charge on any atom is 0.157 e. The van der Waals surface area contributed by atoms with Crippen molar-refractivity contribution in [2.45, 2.75) is 33.2 Å². The summed E-state index contributed by atoms with van der Waals surface area (Å²) in [6.07, 6.45) is 3.66. The first-order valence-corrected chi connectivity index (χ1v) is 4.22. The average molecular weight is 168 g/mol. The van der Waals surface area contributed by atoms with Crippen LogP contribution >= 0.6 is 0 Å². The van der Waals surface area contributed by atoms with Gasteiger partial charge >= 0.3 is 0 Å². The van der Waals surface area contributed by atoms with Crippen molar-refractivity contribution < 1.29 is 4.74 Å². The molecule has 1 aromatic heterocycles. The summed E-state index contributed by atoms with van der Waals surface area (Å²) in [5, 5.41) is 4.20. The van der Waals surface area contributed by atoms with Gasteiger partial charge < -0.3 is 4.74 Å². The van der Waals surface area contributed by atoms with E-state index in [-0.39, 0.29) is 5.54 Å². The second-order valence-electron chi connectivity index (χ2n) is 3.72. The zero-order valence-electron chi connectivity index (χ0n) is 8.16. The van der Waals surface area contributed by atoms with Crippen molar-refractivity contribution in [1.29, 1.82) is 0 Å². The average Bonchev–Trinajstić information content (AvgIpc) is 2.35. The predicted octanol–water partition coefficient (Wildman–Crippen LogP) is 2.04. The first-order valence-electron chi connectivity index (χ1n) is 4.22. The van der Waals surface area contributed by atoms with Crippen LogP contribution in [0.5, 0.6) is 5.75 Å². The van der Waals surface area contributed by atoms with E-state index in [4.69, 9.17) is 4.74 Å². The molecule has 1 aromatic rings. The van der Waals surface area contributed by atoms with Gasteiger partial charge in [0.1, 0.15) is 0 Å². The molecule has 68 valence electrons. The highest BCUT2D eigenvalue weighted by molar-refractivity contribution is 5.12. The minimum absolute atomic E-state index is 0.0371. The smallest absolute Gasteiger partial charge is 0.157 e. The predicted molar refractivity (Wildman–Crippen MR) is 48.4 cm³/mol. The largest absolute Gasteiger partial charge is 0.491 e. The highest BCUT2D eigenvalue weighted by Crippen LogP contribution is 2.16. The van der Waals surface area contributed by atoms with Gasteiger partial charge in [0.15, 0.2) is 5.75 Å². The van der Waals surface area contributed by atoms with Crippen LogP contribution in [-0.4, -0.2) is 16.4 Å². The van der Waals surface area contributed by atoms with E-state index in [2.05, 4.69) is 25.9 Å². The summed E-state index contributed by atoms with van der Waals surface area (Å²) in [4.78, 5) is 0. The fourth-order valence-corrected chi connectivity index (χ4v) is 0.914. The molecular weight excluding hydrogens is 152 g/mol. The molecule has 0 aliphatic carbocycles. The fourth-order valence-electron chi connectivity index (χ4n) is 0.914. The molecule has 0 fully saturated rings. The van der Waals surface area contributed by atoms with Crippen molar-refractivity contribution in [3.8, 4) is 5.75 Å². The van der Waals surface area contributed by atoms with Crippen molar-refractivity contribution in [2.75, 3.05) is 6.61 Å². The monoisotopic (exact) mass is 168 g/mol. The lowest BCUT2D eigenvalue weighted by atomic mass is 10.1. The van der Waals surface area contributed by atoms with Crippen molar-refractivity contribution >= 4 is 0 Å². The third kappa shape index (κ3) is 2.00. The minimum atomic E-state index is 0.0371. The third-order valence-corrected chi connectivity index (χ3v) is 1.56. The van der Waals surface area contributed by atoms with E-state index in [1.54, 1.807) is 6.20 Å². The van der Waals surface area contributed by atoms with Gasteiger partial charge in [-0.25, -0.2) is 0 Å². The summed E-state index contributed by atoms with van der Waals surface area (Å²) in [6.45, 7) is 8.98. The van der Waals surface area contributed by atoms with Crippen molar-refractivity contribution in [3.63, 3.8) is 0 Å². The number of hydrogen-bond donors (Lipinski definition) is 0. The Labute approximate surface area is 73.3 Å². The molecule has 0 aliphatic heterocycles. The van der Waals surface area contributed by atoms with Crippen LogP contribution in [-0.2, 0) is 5.54 Å². The highest BCUT2D eigenvalue weighted by Gasteiger charge is 2.13. The number of ether oxygens (including phenoxy) is 1. The normalized spacial score (nSPS) is 11.7. The first kappa shape index (κ1) is 9.10. The van der Waals surface area contributed by atoms with Gasteiger partial charge in [0.2, 0.25) is 0 Å². The molecule has 0 atom stereocenters. The molecule has 3 heteroatoms. The van der Waals surface area contributed by atoms with E-state index in [0.717, 1.165) is 5.75 Å². The Morgan fingerprint density at radius 1 is 1.50 bits per heavy atom. The van der Waals surface area contributed by atoms with E-state index in [1.165, 1.54) is 0 Å². The Kier molecular flexibility index (Phi) is 2.40. The van der Waals surface area contributed by atoms with Gasteiger partial charge in [-0.05, 0) is 27.7 Å². The van der Waals surface area contributed by atoms with Crippen LogP contribution in [0.2, 0.25) is 0 Å². The molecule has 0 bridgehead atoms. The van der Waals surface area contributed by atoms with Crippen LogP contribution in [0.3, 0.4) is 0 Å². The number of hydrogen-bond acceptors (Lipinski definition) is 2.